The average Bonchev–Trinajstić information content (AvgIpc) is 3.53. The Hall–Kier alpha value is -4.42. The van der Waals surface area contributed by atoms with Crippen molar-refractivity contribution >= 4 is 57.3 Å². The lowest BCUT2D eigenvalue weighted by Gasteiger charge is -2.30. The fraction of sp³-hybridized carbons (Fsp3) is 0.147. The van der Waals surface area contributed by atoms with Crippen LogP contribution in [0, 0.1) is 6.92 Å². The summed E-state index contributed by atoms with van der Waals surface area (Å²) in [6, 6.07) is 18.7. The largest absolute Gasteiger partial charge is 0.807 e. The molecule has 0 atom stereocenters. The average molecular weight is 578 g/mol. The van der Waals surface area contributed by atoms with E-state index in [1.54, 1.807) is 12.1 Å². The van der Waals surface area contributed by atoms with Gasteiger partial charge >= 0.3 is 5.89 Å². The van der Waals surface area contributed by atoms with Crippen molar-refractivity contribution in [1.29, 1.82) is 0 Å². The Balaban J connectivity index is 1.19. The molecule has 0 aliphatic carbocycles. The first-order valence-electron chi connectivity index (χ1n) is 13.9. The number of allylic oxidation sites excluding steroid dienone is 6. The Labute approximate surface area is 244 Å². The summed E-state index contributed by atoms with van der Waals surface area (Å²) in [6.07, 6.45) is 13.5. The van der Waals surface area contributed by atoms with Crippen LogP contribution in [0.15, 0.2) is 107 Å². The van der Waals surface area contributed by atoms with Gasteiger partial charge in [0.15, 0.2) is 5.75 Å². The van der Waals surface area contributed by atoms with Crippen molar-refractivity contribution in [2.45, 2.75) is 27.3 Å². The fourth-order valence-corrected chi connectivity index (χ4v) is 5.98. The van der Waals surface area contributed by atoms with Crippen LogP contribution in [0.2, 0.25) is 0 Å². The lowest BCUT2D eigenvalue weighted by atomic mass is 10.1. The highest BCUT2D eigenvalue weighted by molar-refractivity contribution is 7.57. The first-order chi connectivity index (χ1) is 20.3. The van der Waals surface area contributed by atoms with Crippen molar-refractivity contribution in [2.75, 3.05) is 11.4 Å². The number of hydrogen-bond donors (Lipinski definition) is 0. The summed E-state index contributed by atoms with van der Waals surface area (Å²) in [4.78, 5) is 25.0. The molecule has 5 aromatic rings. The molecule has 0 saturated heterocycles. The molecular weight excluding hydrogens is 547 g/mol. The van der Waals surface area contributed by atoms with Crippen LogP contribution in [0.1, 0.15) is 25.3 Å². The molecule has 2 heterocycles. The van der Waals surface area contributed by atoms with E-state index in [1.165, 1.54) is 23.1 Å². The smallest absolute Gasteiger partial charge is 0.374 e. The zero-order valence-electron chi connectivity index (χ0n) is 23.6. The standard InChI is InChI=1S/C34H31N2O5P/c1-4-35-29-19-14-24-21-23(3)13-17-27(24)33(29)40-31(35)11-9-7-6-8-10-12-32-36(5-2)30-20-15-25-22-26(42(37,38)39)16-18-28(25)34(30)41-32/h6-22H,4-5H2,1-3H3,(H-,37,38,39)/p-1. The summed E-state index contributed by atoms with van der Waals surface area (Å²) >= 11 is 0. The van der Waals surface area contributed by atoms with Gasteiger partial charge in [-0.3, -0.25) is 0 Å². The molecule has 8 heteroatoms. The van der Waals surface area contributed by atoms with Gasteiger partial charge in [0, 0.05) is 23.4 Å². The van der Waals surface area contributed by atoms with E-state index in [0.29, 0.717) is 23.6 Å². The SMILES string of the molecule is CCN1/C(=C/C=C/C=C/C=C/c2oc3c4ccc(C)cc4ccc3[n+]2CC)Oc2c1ccc1cc(P(=O)([O-])[O-])ccc21. The summed E-state index contributed by atoms with van der Waals surface area (Å²) in [5.74, 6) is 2.10. The molecule has 212 valence electrons. The van der Waals surface area contributed by atoms with Gasteiger partial charge < -0.3 is 28.4 Å². The van der Waals surface area contributed by atoms with Gasteiger partial charge in [-0.15, -0.1) is 0 Å². The molecule has 7 nitrogen and oxygen atoms in total. The minimum atomic E-state index is -4.83. The topological polar surface area (TPSA) is 92.7 Å². The molecule has 42 heavy (non-hydrogen) atoms. The fourth-order valence-electron chi connectivity index (χ4n) is 5.42. The molecular formula is C34H30N2O5P-. The number of benzene rings is 4. The van der Waals surface area contributed by atoms with Crippen LogP contribution in [0.3, 0.4) is 0 Å². The van der Waals surface area contributed by atoms with Gasteiger partial charge in [0.05, 0.1) is 11.8 Å². The maximum Gasteiger partial charge on any atom is 0.374 e. The van der Waals surface area contributed by atoms with Gasteiger partial charge in [0.2, 0.25) is 11.5 Å². The third kappa shape index (κ3) is 5.07. The molecule has 1 aliphatic rings. The number of rotatable bonds is 7. The summed E-state index contributed by atoms with van der Waals surface area (Å²) in [7, 11) is -4.83. The van der Waals surface area contributed by atoms with Crippen LogP contribution in [-0.4, -0.2) is 6.54 Å². The summed E-state index contributed by atoms with van der Waals surface area (Å²) in [6.45, 7) is 7.72. The minimum absolute atomic E-state index is 0.228. The maximum absolute atomic E-state index is 11.5. The number of oxazole rings is 1. The molecule has 6 rings (SSSR count). The minimum Gasteiger partial charge on any atom is -0.807 e. The van der Waals surface area contributed by atoms with Crippen LogP contribution in [0.4, 0.5) is 5.69 Å². The van der Waals surface area contributed by atoms with Crippen LogP contribution < -0.4 is 29.3 Å². The van der Waals surface area contributed by atoms with Gasteiger partial charge in [-0.2, -0.15) is 4.57 Å². The second-order valence-electron chi connectivity index (χ2n) is 10.1. The number of anilines is 1. The molecule has 0 saturated carbocycles. The highest BCUT2D eigenvalue weighted by Crippen LogP contribution is 2.44. The van der Waals surface area contributed by atoms with Crippen LogP contribution >= 0.6 is 7.60 Å². The zero-order chi connectivity index (χ0) is 29.4. The second kappa shape index (κ2) is 11.1. The Morgan fingerprint density at radius 1 is 0.881 bits per heavy atom. The van der Waals surface area contributed by atoms with E-state index in [9.17, 15) is 14.4 Å². The van der Waals surface area contributed by atoms with Gasteiger partial charge in [-0.1, -0.05) is 66.3 Å². The monoisotopic (exact) mass is 577 g/mol. The number of fused-ring (bicyclic) bond motifs is 6. The highest BCUT2D eigenvalue weighted by atomic mass is 31.2. The molecule has 0 N–H and O–H groups in total. The van der Waals surface area contributed by atoms with E-state index in [0.717, 1.165) is 40.0 Å². The van der Waals surface area contributed by atoms with Crippen molar-refractivity contribution in [2.24, 2.45) is 0 Å². The number of aromatic nitrogens is 1. The molecule has 0 radical (unpaired) electrons. The molecule has 0 fully saturated rings. The number of aryl methyl sites for hydroxylation is 2. The Bertz CT molecular complexity index is 2010. The van der Waals surface area contributed by atoms with E-state index in [-0.39, 0.29) is 5.30 Å². The van der Waals surface area contributed by atoms with Crippen molar-refractivity contribution in [3.05, 3.63) is 114 Å². The molecule has 0 unspecified atom stereocenters. The van der Waals surface area contributed by atoms with E-state index in [2.05, 4.69) is 48.7 Å². The third-order valence-electron chi connectivity index (χ3n) is 7.44. The molecule has 1 aliphatic heterocycles. The van der Waals surface area contributed by atoms with E-state index in [4.69, 9.17) is 9.15 Å². The summed E-state index contributed by atoms with van der Waals surface area (Å²) in [5.41, 5.74) is 4.08. The normalized spacial score (nSPS) is 15.0. The van der Waals surface area contributed by atoms with Crippen LogP contribution in [0.5, 0.6) is 5.75 Å². The second-order valence-corrected chi connectivity index (χ2v) is 11.6. The predicted molar refractivity (Wildman–Crippen MR) is 165 cm³/mol. The van der Waals surface area contributed by atoms with E-state index < -0.39 is 7.60 Å². The van der Waals surface area contributed by atoms with Gasteiger partial charge in [0.25, 0.3) is 5.52 Å². The first kappa shape index (κ1) is 27.7. The maximum atomic E-state index is 11.5. The van der Waals surface area contributed by atoms with Gasteiger partial charge in [-0.25, -0.2) is 0 Å². The Kier molecular flexibility index (Phi) is 7.33. The summed E-state index contributed by atoms with van der Waals surface area (Å²) in [5, 5.41) is 3.43. The predicted octanol–water partition coefficient (Wildman–Crippen LogP) is 5.78. The molecule has 4 aromatic carbocycles. The number of ether oxygens (including phenoxy) is 1. The Morgan fingerprint density at radius 3 is 2.40 bits per heavy atom. The Morgan fingerprint density at radius 2 is 1.62 bits per heavy atom. The third-order valence-corrected chi connectivity index (χ3v) is 8.35. The van der Waals surface area contributed by atoms with Crippen molar-refractivity contribution < 1.29 is 28.1 Å². The molecule has 0 bridgehead atoms. The molecule has 1 aromatic heterocycles. The number of nitrogens with zero attached hydrogens (tertiary/aromatic N) is 2. The van der Waals surface area contributed by atoms with Crippen LogP contribution in [0.25, 0.3) is 38.7 Å². The van der Waals surface area contributed by atoms with Crippen molar-refractivity contribution in [1.82, 2.24) is 0 Å². The summed E-state index contributed by atoms with van der Waals surface area (Å²) < 4.78 is 26.1. The lowest BCUT2D eigenvalue weighted by Crippen LogP contribution is -2.33. The number of hydrogen-bond acceptors (Lipinski definition) is 6. The highest BCUT2D eigenvalue weighted by Gasteiger charge is 2.26. The quantitative estimate of drug-likeness (QED) is 0.138. The zero-order valence-corrected chi connectivity index (χ0v) is 24.5. The van der Waals surface area contributed by atoms with Crippen LogP contribution in [-0.2, 0) is 11.1 Å². The van der Waals surface area contributed by atoms with Gasteiger partial charge in [-0.05, 0) is 74.8 Å². The van der Waals surface area contributed by atoms with Crippen molar-refractivity contribution in [3.8, 4) is 5.75 Å². The first-order valence-corrected chi connectivity index (χ1v) is 15.4. The van der Waals surface area contributed by atoms with Gasteiger partial charge in [0.1, 0.15) is 6.54 Å². The van der Waals surface area contributed by atoms with E-state index in [1.807, 2.05) is 60.4 Å². The van der Waals surface area contributed by atoms with Crippen molar-refractivity contribution in [3.63, 3.8) is 0 Å². The molecule has 0 amide bonds. The van der Waals surface area contributed by atoms with E-state index >= 15 is 0 Å². The molecule has 0 spiro atoms. The lowest BCUT2D eigenvalue weighted by molar-refractivity contribution is -0.674.